The van der Waals surface area contributed by atoms with Crippen molar-refractivity contribution in [2.24, 2.45) is 0 Å². The number of fused-ring (bicyclic) bond motifs is 3. The van der Waals surface area contributed by atoms with E-state index in [1.807, 2.05) is 0 Å². The largest absolute Gasteiger partial charge is 0.0729 e. The monoisotopic (exact) mass is 234 g/mol. The molecule has 0 unspecified atom stereocenters. The molecule has 0 fully saturated rings. The van der Waals surface area contributed by atoms with Crippen LogP contribution in [0.25, 0.3) is 16.7 Å². The lowest BCUT2D eigenvalue weighted by molar-refractivity contribution is 1.23. The Morgan fingerprint density at radius 1 is 0.833 bits per heavy atom. The average molecular weight is 234 g/mol. The van der Waals surface area contributed by atoms with Crippen LogP contribution in [0, 0.1) is 0 Å². The van der Waals surface area contributed by atoms with Crippen molar-refractivity contribution in [3.05, 3.63) is 64.7 Å². The molecule has 0 aromatic heterocycles. The predicted molar refractivity (Wildman–Crippen MR) is 78.6 cm³/mol. The van der Waals surface area contributed by atoms with Crippen LogP contribution in [0.1, 0.15) is 37.5 Å². The Labute approximate surface area is 109 Å². The fraction of sp³-hybridized carbons (Fsp3) is 0.222. The fourth-order valence-electron chi connectivity index (χ4n) is 2.78. The van der Waals surface area contributed by atoms with Crippen molar-refractivity contribution in [1.82, 2.24) is 0 Å². The highest BCUT2D eigenvalue weighted by molar-refractivity contribution is 5.83. The van der Waals surface area contributed by atoms with Gasteiger partial charge in [0.05, 0.1) is 0 Å². The number of rotatable bonds is 1. The molecular formula is C18H18. The highest BCUT2D eigenvalue weighted by atomic mass is 14.2. The summed E-state index contributed by atoms with van der Waals surface area (Å²) < 4.78 is 0. The molecule has 3 rings (SSSR count). The van der Waals surface area contributed by atoms with Crippen molar-refractivity contribution < 1.29 is 0 Å². The molecule has 0 nitrogen and oxygen atoms in total. The third-order valence-electron chi connectivity index (χ3n) is 4.00. The number of allylic oxidation sites excluding steroid dienone is 2. The molecule has 0 radical (unpaired) electrons. The Morgan fingerprint density at radius 3 is 2.33 bits per heavy atom. The van der Waals surface area contributed by atoms with Crippen LogP contribution in [0.15, 0.2) is 48.0 Å². The van der Waals surface area contributed by atoms with Crippen LogP contribution in [0.3, 0.4) is 0 Å². The van der Waals surface area contributed by atoms with Crippen molar-refractivity contribution in [3.63, 3.8) is 0 Å². The Kier molecular flexibility index (Phi) is 2.59. The van der Waals surface area contributed by atoms with Crippen LogP contribution in [0.5, 0.6) is 0 Å². The molecule has 1 aliphatic carbocycles. The molecule has 0 amide bonds. The van der Waals surface area contributed by atoms with Crippen LogP contribution in [-0.4, -0.2) is 0 Å². The topological polar surface area (TPSA) is 0 Å². The maximum Gasteiger partial charge on any atom is -0.000740 e. The Balaban J connectivity index is 2.24. The van der Waals surface area contributed by atoms with Gasteiger partial charge in [-0.15, -0.1) is 0 Å². The van der Waals surface area contributed by atoms with Gasteiger partial charge in [0.15, 0.2) is 0 Å². The standard InChI is InChI=1S/C18H18/c1-12(2)13(3)15-9-6-10-17-16-8-5-4-7-14(16)11-18(15)17/h4-10H,11H2,1-3H3. The molecule has 0 saturated heterocycles. The van der Waals surface area contributed by atoms with Crippen molar-refractivity contribution in [2.75, 3.05) is 0 Å². The smallest absolute Gasteiger partial charge is 0.000740 e. The predicted octanol–water partition coefficient (Wildman–Crippen LogP) is 5.07. The first kappa shape index (κ1) is 11.3. The van der Waals surface area contributed by atoms with Gasteiger partial charge in [-0.05, 0) is 60.6 Å². The van der Waals surface area contributed by atoms with E-state index in [0.29, 0.717) is 0 Å². The molecule has 0 heterocycles. The second-order valence-corrected chi connectivity index (χ2v) is 5.29. The first-order chi connectivity index (χ1) is 8.68. The third-order valence-corrected chi connectivity index (χ3v) is 4.00. The fourth-order valence-corrected chi connectivity index (χ4v) is 2.78. The maximum atomic E-state index is 2.26. The zero-order chi connectivity index (χ0) is 12.7. The Morgan fingerprint density at radius 2 is 1.56 bits per heavy atom. The van der Waals surface area contributed by atoms with Crippen LogP contribution < -0.4 is 0 Å². The van der Waals surface area contributed by atoms with Crippen molar-refractivity contribution >= 4 is 5.57 Å². The summed E-state index contributed by atoms with van der Waals surface area (Å²) in [7, 11) is 0. The molecule has 1 aliphatic rings. The second-order valence-electron chi connectivity index (χ2n) is 5.29. The van der Waals surface area contributed by atoms with E-state index in [1.165, 1.54) is 39.0 Å². The maximum absolute atomic E-state index is 2.26. The highest BCUT2D eigenvalue weighted by Crippen LogP contribution is 2.40. The molecule has 0 N–H and O–H groups in total. The van der Waals surface area contributed by atoms with Crippen molar-refractivity contribution in [1.29, 1.82) is 0 Å². The zero-order valence-electron chi connectivity index (χ0n) is 11.2. The molecule has 0 aliphatic heterocycles. The summed E-state index contributed by atoms with van der Waals surface area (Å²) in [6.07, 6.45) is 1.08. The van der Waals surface area contributed by atoms with Gasteiger partial charge in [0.2, 0.25) is 0 Å². The summed E-state index contributed by atoms with van der Waals surface area (Å²) in [5.41, 5.74) is 10.0. The molecule has 90 valence electrons. The van der Waals surface area contributed by atoms with Gasteiger partial charge < -0.3 is 0 Å². The summed E-state index contributed by atoms with van der Waals surface area (Å²) >= 11 is 0. The van der Waals surface area contributed by atoms with Crippen molar-refractivity contribution in [2.45, 2.75) is 27.2 Å². The molecule has 0 saturated carbocycles. The molecule has 0 bridgehead atoms. The van der Waals surface area contributed by atoms with Gasteiger partial charge in [0.25, 0.3) is 0 Å². The minimum atomic E-state index is 1.08. The molecule has 18 heavy (non-hydrogen) atoms. The summed E-state index contributed by atoms with van der Waals surface area (Å²) in [6.45, 7) is 6.61. The number of hydrogen-bond acceptors (Lipinski definition) is 0. The van der Waals surface area contributed by atoms with Crippen molar-refractivity contribution in [3.8, 4) is 11.1 Å². The number of benzene rings is 2. The van der Waals surface area contributed by atoms with Crippen LogP contribution >= 0.6 is 0 Å². The number of hydrogen-bond donors (Lipinski definition) is 0. The lowest BCUT2D eigenvalue weighted by atomic mass is 9.94. The van der Waals surface area contributed by atoms with Gasteiger partial charge in [0.1, 0.15) is 0 Å². The minimum absolute atomic E-state index is 1.08. The van der Waals surface area contributed by atoms with Gasteiger partial charge in [-0.3, -0.25) is 0 Å². The normalized spacial score (nSPS) is 11.9. The summed E-state index contributed by atoms with van der Waals surface area (Å²) in [5, 5.41) is 0. The SMILES string of the molecule is CC(C)=C(C)c1cccc2c1Cc1ccccc1-2. The van der Waals surface area contributed by atoms with Crippen LogP contribution in [0.2, 0.25) is 0 Å². The third kappa shape index (κ3) is 1.60. The zero-order valence-corrected chi connectivity index (χ0v) is 11.2. The van der Waals surface area contributed by atoms with Gasteiger partial charge in [0, 0.05) is 0 Å². The van der Waals surface area contributed by atoms with Gasteiger partial charge in [-0.25, -0.2) is 0 Å². The van der Waals surface area contributed by atoms with Crippen LogP contribution in [0.4, 0.5) is 0 Å². The summed E-state index contributed by atoms with van der Waals surface area (Å²) in [5.74, 6) is 0. The molecule has 2 aromatic rings. The second kappa shape index (κ2) is 4.13. The minimum Gasteiger partial charge on any atom is -0.0729 e. The molecule has 0 atom stereocenters. The lowest BCUT2D eigenvalue weighted by Crippen LogP contribution is -1.91. The van der Waals surface area contributed by atoms with Gasteiger partial charge >= 0.3 is 0 Å². The van der Waals surface area contributed by atoms with Gasteiger partial charge in [-0.1, -0.05) is 48.0 Å². The first-order valence-corrected chi connectivity index (χ1v) is 6.53. The average Bonchev–Trinajstić information content (AvgIpc) is 2.76. The molecule has 2 aromatic carbocycles. The molecule has 0 heteroatoms. The van der Waals surface area contributed by atoms with E-state index < -0.39 is 0 Å². The van der Waals surface area contributed by atoms with E-state index in [2.05, 4.69) is 63.2 Å². The van der Waals surface area contributed by atoms with E-state index in [4.69, 9.17) is 0 Å². The van der Waals surface area contributed by atoms with Gasteiger partial charge in [-0.2, -0.15) is 0 Å². The lowest BCUT2D eigenvalue weighted by Gasteiger charge is -2.10. The summed E-state index contributed by atoms with van der Waals surface area (Å²) in [6, 6.07) is 15.4. The van der Waals surface area contributed by atoms with E-state index >= 15 is 0 Å². The quantitative estimate of drug-likeness (QED) is 0.551. The van der Waals surface area contributed by atoms with E-state index in [-0.39, 0.29) is 0 Å². The van der Waals surface area contributed by atoms with E-state index in [1.54, 1.807) is 0 Å². The molecular weight excluding hydrogens is 216 g/mol. The Hall–Kier alpha value is -1.82. The van der Waals surface area contributed by atoms with Crippen LogP contribution in [-0.2, 0) is 6.42 Å². The van der Waals surface area contributed by atoms with E-state index in [0.717, 1.165) is 6.42 Å². The molecule has 0 spiro atoms. The first-order valence-electron chi connectivity index (χ1n) is 6.53. The summed E-state index contributed by atoms with van der Waals surface area (Å²) in [4.78, 5) is 0. The Bertz CT molecular complexity index is 641. The van der Waals surface area contributed by atoms with E-state index in [9.17, 15) is 0 Å². The highest BCUT2D eigenvalue weighted by Gasteiger charge is 2.20.